The molecule has 0 N–H and O–H groups in total. The average Bonchev–Trinajstić information content (AvgIpc) is 2.82. The van der Waals surface area contributed by atoms with Gasteiger partial charge in [0, 0.05) is 18.7 Å². The number of hydrogen-bond acceptors (Lipinski definition) is 3. The topological polar surface area (TPSA) is 51.0 Å². The second kappa shape index (κ2) is 5.04. The first-order valence-electron chi connectivity index (χ1n) is 6.85. The molecular weight excluding hydrogens is 267 g/mol. The maximum Gasteiger partial charge on any atom is 0.258 e. The molecule has 0 fully saturated rings. The van der Waals surface area contributed by atoms with Crippen LogP contribution in [0, 0.1) is 6.92 Å². The van der Waals surface area contributed by atoms with Crippen molar-refractivity contribution < 1.29 is 4.79 Å². The largest absolute Gasteiger partial charge is 0.327 e. The van der Waals surface area contributed by atoms with Crippen molar-refractivity contribution in [3.05, 3.63) is 41.5 Å². The first-order valence-corrected chi connectivity index (χ1v) is 7.85. The molecule has 1 amide bonds. The van der Waals surface area contributed by atoms with Crippen LogP contribution >= 0.6 is 0 Å². The summed E-state index contributed by atoms with van der Waals surface area (Å²) in [5.41, 5.74) is 0.751. The maximum atomic E-state index is 12.6. The summed E-state index contributed by atoms with van der Waals surface area (Å²) in [6.45, 7) is 5.43. The van der Waals surface area contributed by atoms with Crippen LogP contribution in [-0.4, -0.2) is 48.4 Å². The molecule has 0 radical (unpaired) electrons. The zero-order chi connectivity index (χ0) is 14.3. The highest BCUT2D eigenvalue weighted by Crippen LogP contribution is 2.25. The molecule has 0 bridgehead atoms. The van der Waals surface area contributed by atoms with Crippen molar-refractivity contribution in [2.24, 2.45) is 0 Å². The molecule has 1 aliphatic rings. The van der Waals surface area contributed by atoms with Gasteiger partial charge in [0.05, 0.1) is 6.04 Å². The number of hydrogen-bond donors (Lipinski definition) is 0. The quantitative estimate of drug-likeness (QED) is 0.696. The number of amides is 1. The predicted molar refractivity (Wildman–Crippen MR) is 78.8 cm³/mol. The Balaban J connectivity index is 1.88. The number of carbonyl (C=O) groups excluding carboxylic acids is 1. The summed E-state index contributed by atoms with van der Waals surface area (Å²) in [5.74, 6) is 1.87. The number of aromatic nitrogens is 3. The van der Waals surface area contributed by atoms with Crippen LogP contribution in [0.4, 0.5) is 0 Å². The summed E-state index contributed by atoms with van der Waals surface area (Å²) in [6, 6.07) is 7.86. The van der Waals surface area contributed by atoms with Crippen LogP contribution < -0.4 is 4.43 Å². The van der Waals surface area contributed by atoms with Gasteiger partial charge in [-0.05, 0) is 13.8 Å². The summed E-state index contributed by atoms with van der Waals surface area (Å²) < 4.78 is 3.39. The molecule has 102 valence electrons. The van der Waals surface area contributed by atoms with Crippen molar-refractivity contribution in [1.29, 1.82) is 0 Å². The van der Waals surface area contributed by atoms with Crippen LogP contribution in [0.3, 0.4) is 0 Å². The molecule has 0 saturated carbocycles. The molecule has 3 rings (SSSR count). The van der Waals surface area contributed by atoms with E-state index in [-0.39, 0.29) is 11.9 Å². The summed E-state index contributed by atoms with van der Waals surface area (Å²) in [6.07, 6.45) is 0. The fourth-order valence-electron chi connectivity index (χ4n) is 2.66. The Morgan fingerprint density at radius 1 is 1.25 bits per heavy atom. The van der Waals surface area contributed by atoms with E-state index in [1.165, 1.54) is 4.43 Å². The number of carbonyl (C=O) groups is 1. The number of benzene rings is 1. The molecule has 6 heteroatoms. The Kier molecular flexibility index (Phi) is 3.37. The van der Waals surface area contributed by atoms with Crippen molar-refractivity contribution in [2.75, 3.05) is 6.54 Å². The van der Waals surface area contributed by atoms with Crippen LogP contribution in [0.5, 0.6) is 0 Å². The molecule has 0 saturated heterocycles. The van der Waals surface area contributed by atoms with Gasteiger partial charge in [-0.3, -0.25) is 4.79 Å². The minimum Gasteiger partial charge on any atom is -0.327 e. The van der Waals surface area contributed by atoms with Gasteiger partial charge in [0.25, 0.3) is 22.2 Å². The minimum absolute atomic E-state index is 0.0341. The average molecular weight is 284 g/mol. The second-order valence-corrected chi connectivity index (χ2v) is 6.45. The molecule has 2 aromatic rings. The SMILES string of the molecule is Cc1nnc2n1CCN(C(=O)c1cc[c]([AlH2])cc1)C2C. The van der Waals surface area contributed by atoms with E-state index in [1.54, 1.807) is 0 Å². The summed E-state index contributed by atoms with van der Waals surface area (Å²) in [4.78, 5) is 14.5. The Morgan fingerprint density at radius 3 is 2.65 bits per heavy atom. The Labute approximate surface area is 126 Å². The first kappa shape index (κ1) is 13.4. The van der Waals surface area contributed by atoms with Crippen LogP contribution in [-0.2, 0) is 6.54 Å². The number of nitrogens with zero attached hydrogens (tertiary/aromatic N) is 4. The second-order valence-electron chi connectivity index (χ2n) is 5.30. The van der Waals surface area contributed by atoms with Gasteiger partial charge in [-0.25, -0.2) is 0 Å². The highest BCUT2D eigenvalue weighted by Gasteiger charge is 2.30. The molecule has 5 nitrogen and oxygen atoms in total. The molecule has 1 aliphatic heterocycles. The van der Waals surface area contributed by atoms with Crippen LogP contribution in [0.15, 0.2) is 24.3 Å². The van der Waals surface area contributed by atoms with E-state index in [1.807, 2.05) is 43.0 Å². The molecule has 1 unspecified atom stereocenters. The minimum atomic E-state index is -0.0341. The van der Waals surface area contributed by atoms with Gasteiger partial charge in [-0.15, -0.1) is 14.6 Å². The highest BCUT2D eigenvalue weighted by molar-refractivity contribution is 6.32. The lowest BCUT2D eigenvalue weighted by Crippen LogP contribution is -2.41. The van der Waals surface area contributed by atoms with Gasteiger partial charge in [0.2, 0.25) is 0 Å². The van der Waals surface area contributed by atoms with Crippen molar-refractivity contribution >= 4 is 26.6 Å². The summed E-state index contributed by atoms with van der Waals surface area (Å²) >= 11 is 1.01. The lowest BCUT2D eigenvalue weighted by atomic mass is 10.1. The fourth-order valence-corrected chi connectivity index (χ4v) is 3.00. The van der Waals surface area contributed by atoms with Crippen molar-refractivity contribution in [3.8, 4) is 0 Å². The molecular formula is C14H17AlN4O. The Hall–Kier alpha value is -1.64. The molecule has 0 aliphatic carbocycles. The van der Waals surface area contributed by atoms with E-state index in [2.05, 4.69) is 14.8 Å². The van der Waals surface area contributed by atoms with Gasteiger partial charge in [-0.1, -0.05) is 24.3 Å². The van der Waals surface area contributed by atoms with Gasteiger partial charge in [0.15, 0.2) is 5.82 Å². The van der Waals surface area contributed by atoms with Crippen LogP contribution in [0.1, 0.15) is 35.0 Å². The molecule has 2 heterocycles. The van der Waals surface area contributed by atoms with Crippen molar-refractivity contribution in [2.45, 2.75) is 26.4 Å². The zero-order valence-electron chi connectivity index (χ0n) is 12.0. The van der Waals surface area contributed by atoms with Crippen molar-refractivity contribution in [3.63, 3.8) is 0 Å². The lowest BCUT2D eigenvalue weighted by molar-refractivity contribution is 0.0636. The van der Waals surface area contributed by atoms with E-state index in [4.69, 9.17) is 0 Å². The molecule has 1 atom stereocenters. The highest BCUT2D eigenvalue weighted by atomic mass is 27.0. The van der Waals surface area contributed by atoms with E-state index < -0.39 is 0 Å². The van der Waals surface area contributed by atoms with E-state index in [9.17, 15) is 4.79 Å². The summed E-state index contributed by atoms with van der Waals surface area (Å²) in [5, 5.41) is 8.31. The monoisotopic (exact) mass is 284 g/mol. The third-order valence-electron chi connectivity index (χ3n) is 3.93. The third-order valence-corrected chi connectivity index (χ3v) is 4.60. The Bertz CT molecular complexity index is 650. The number of fused-ring (bicyclic) bond motifs is 1. The van der Waals surface area contributed by atoms with Crippen LogP contribution in [0.2, 0.25) is 0 Å². The number of aryl methyl sites for hydroxylation is 1. The molecule has 20 heavy (non-hydrogen) atoms. The normalized spacial score (nSPS) is 17.9. The first-order chi connectivity index (χ1) is 9.58. The molecule has 1 aromatic heterocycles. The zero-order valence-corrected chi connectivity index (χ0v) is 14.0. The van der Waals surface area contributed by atoms with E-state index in [0.717, 1.165) is 40.0 Å². The lowest BCUT2D eigenvalue weighted by Gasteiger charge is -2.33. The molecule has 1 aromatic carbocycles. The Morgan fingerprint density at radius 2 is 1.95 bits per heavy atom. The van der Waals surface area contributed by atoms with Crippen molar-refractivity contribution in [1.82, 2.24) is 19.7 Å². The predicted octanol–water partition coefficient (Wildman–Crippen LogP) is 0.0619. The van der Waals surface area contributed by atoms with Gasteiger partial charge >= 0.3 is 0 Å². The van der Waals surface area contributed by atoms with Gasteiger partial charge in [-0.2, -0.15) is 0 Å². The van der Waals surface area contributed by atoms with Gasteiger partial charge < -0.3 is 9.47 Å². The maximum absolute atomic E-state index is 12.6. The van der Waals surface area contributed by atoms with E-state index in [0.29, 0.717) is 6.54 Å². The standard InChI is InChI=1S/C14H15N4O.Al.2H/c1-10-13-16-15-11(2)18(13)9-8-17(10)14(19)12-6-4-3-5-7-12;;;/h4-7,10H,8-9H2,1-2H3;;;. The van der Waals surface area contributed by atoms with Gasteiger partial charge in [0.1, 0.15) is 5.82 Å². The van der Waals surface area contributed by atoms with E-state index >= 15 is 0 Å². The third kappa shape index (κ3) is 2.15. The smallest absolute Gasteiger partial charge is 0.258 e. The molecule has 0 spiro atoms. The fraction of sp³-hybridized carbons (Fsp3) is 0.357. The summed E-state index contributed by atoms with van der Waals surface area (Å²) in [7, 11) is 0. The van der Waals surface area contributed by atoms with Crippen LogP contribution in [0.25, 0.3) is 0 Å². The number of rotatable bonds is 1.